The van der Waals surface area contributed by atoms with Gasteiger partial charge in [-0.25, -0.2) is 0 Å². The van der Waals surface area contributed by atoms with Crippen LogP contribution in [0.5, 0.6) is 0 Å². The summed E-state index contributed by atoms with van der Waals surface area (Å²) in [5, 5.41) is 17.2. The maximum atomic E-state index is 13.1. The number of benzene rings is 3. The molecule has 0 saturated heterocycles. The molecule has 2 atom stereocenters. The molecule has 1 amide bonds. The third-order valence-electron chi connectivity index (χ3n) is 4.52. The van der Waals surface area contributed by atoms with Gasteiger partial charge in [-0.05, 0) is 30.2 Å². The number of nitrogens with one attached hydrogen (secondary N) is 2. The summed E-state index contributed by atoms with van der Waals surface area (Å²) in [6.45, 7) is 1.98. The number of rotatable bonds is 7. The molecule has 0 fully saturated rings. The van der Waals surface area contributed by atoms with Gasteiger partial charge in [0, 0.05) is 17.8 Å². The Kier molecular flexibility index (Phi) is 6.59. The zero-order valence-electron chi connectivity index (χ0n) is 15.7. The van der Waals surface area contributed by atoms with Crippen molar-refractivity contribution in [2.45, 2.75) is 19.0 Å². The Morgan fingerprint density at radius 3 is 2.14 bits per heavy atom. The van der Waals surface area contributed by atoms with Gasteiger partial charge in [-0.2, -0.15) is 0 Å². The van der Waals surface area contributed by atoms with Crippen molar-refractivity contribution < 1.29 is 9.72 Å². The predicted octanol–water partition coefficient (Wildman–Crippen LogP) is 5.28. The first-order valence-corrected chi connectivity index (χ1v) is 9.44. The smallest absolute Gasteiger partial charge is 0.289 e. The average Bonchev–Trinajstić information content (AvgIpc) is 2.74. The number of anilines is 1. The molecule has 7 heteroatoms. The molecule has 2 N–H and O–H groups in total. The third kappa shape index (κ3) is 5.19. The van der Waals surface area contributed by atoms with Crippen molar-refractivity contribution in [1.82, 2.24) is 5.32 Å². The lowest BCUT2D eigenvalue weighted by molar-refractivity contribution is -0.384. The van der Waals surface area contributed by atoms with E-state index in [1.807, 2.05) is 67.6 Å². The van der Waals surface area contributed by atoms with E-state index in [0.717, 1.165) is 11.1 Å². The predicted molar refractivity (Wildman–Crippen MR) is 114 cm³/mol. The van der Waals surface area contributed by atoms with Crippen molar-refractivity contribution in [3.63, 3.8) is 0 Å². The Hall–Kier alpha value is -3.22. The van der Waals surface area contributed by atoms with Crippen molar-refractivity contribution in [1.29, 1.82) is 0 Å². The van der Waals surface area contributed by atoms with E-state index < -0.39 is 11.0 Å². The van der Waals surface area contributed by atoms with E-state index in [0.29, 0.717) is 5.69 Å². The van der Waals surface area contributed by atoms with Gasteiger partial charge in [-0.15, -0.1) is 0 Å². The molecule has 6 nitrogen and oxygen atoms in total. The number of hydrogen-bond donors (Lipinski definition) is 2. The minimum Gasteiger partial charge on any atom is -0.324 e. The largest absolute Gasteiger partial charge is 0.324 e. The summed E-state index contributed by atoms with van der Waals surface area (Å²) >= 11 is 5.86. The summed E-state index contributed by atoms with van der Waals surface area (Å²) in [6, 6.07) is 22.6. The van der Waals surface area contributed by atoms with Crippen molar-refractivity contribution in [2.75, 3.05) is 5.32 Å². The summed E-state index contributed by atoms with van der Waals surface area (Å²) in [7, 11) is 0. The number of halogens is 1. The van der Waals surface area contributed by atoms with Gasteiger partial charge < -0.3 is 5.32 Å². The lowest BCUT2D eigenvalue weighted by atomic mass is 10.0. The summed E-state index contributed by atoms with van der Waals surface area (Å²) in [5.74, 6) is -0.324. The normalized spacial score (nSPS) is 12.8. The van der Waals surface area contributed by atoms with Crippen molar-refractivity contribution in [2.24, 2.45) is 0 Å². The first-order valence-electron chi connectivity index (χ1n) is 9.06. The molecule has 0 heterocycles. The molecule has 0 aliphatic rings. The lowest BCUT2D eigenvalue weighted by Gasteiger charge is -2.23. The molecular formula is C22H20ClN3O3. The fourth-order valence-corrected chi connectivity index (χ4v) is 3.19. The first kappa shape index (κ1) is 20.5. The number of nitrogens with zero attached hydrogens (tertiary/aromatic N) is 1. The SMILES string of the molecule is C[C@H](N[C@@H](C(=O)Nc1ccc(Cl)c([N+](=O)[O-])c1)c1ccccc1)c1ccccc1. The Labute approximate surface area is 173 Å². The Morgan fingerprint density at radius 1 is 0.966 bits per heavy atom. The highest BCUT2D eigenvalue weighted by molar-refractivity contribution is 6.32. The first-order chi connectivity index (χ1) is 14.0. The Balaban J connectivity index is 1.85. The van der Waals surface area contributed by atoms with Gasteiger partial charge in [-0.1, -0.05) is 72.3 Å². The van der Waals surface area contributed by atoms with Crippen LogP contribution >= 0.6 is 11.6 Å². The van der Waals surface area contributed by atoms with E-state index in [4.69, 9.17) is 11.6 Å². The second kappa shape index (κ2) is 9.32. The van der Waals surface area contributed by atoms with Gasteiger partial charge >= 0.3 is 0 Å². The molecule has 3 aromatic rings. The summed E-state index contributed by atoms with van der Waals surface area (Å²) in [4.78, 5) is 23.6. The topological polar surface area (TPSA) is 84.3 Å². The number of amides is 1. The van der Waals surface area contributed by atoms with E-state index >= 15 is 0 Å². The second-order valence-electron chi connectivity index (χ2n) is 6.56. The van der Waals surface area contributed by atoms with Crippen LogP contribution in [0.25, 0.3) is 0 Å². The molecule has 0 bridgehead atoms. The molecule has 29 heavy (non-hydrogen) atoms. The van der Waals surface area contributed by atoms with Crippen molar-refractivity contribution in [3.05, 3.63) is 105 Å². The standard InChI is InChI=1S/C22H20ClN3O3/c1-15(16-8-4-2-5-9-16)24-21(17-10-6-3-7-11-17)22(27)25-18-12-13-19(23)20(14-18)26(28)29/h2-15,21,24H,1H3,(H,25,27)/t15-,21+/m0/s1. The average molecular weight is 410 g/mol. The van der Waals surface area contributed by atoms with E-state index in [9.17, 15) is 14.9 Å². The molecule has 0 aliphatic heterocycles. The fourth-order valence-electron chi connectivity index (χ4n) is 3.00. The lowest BCUT2D eigenvalue weighted by Crippen LogP contribution is -2.34. The molecule has 3 rings (SSSR count). The summed E-state index contributed by atoms with van der Waals surface area (Å²) in [6.07, 6.45) is 0. The highest BCUT2D eigenvalue weighted by Gasteiger charge is 2.24. The van der Waals surface area contributed by atoms with E-state index in [2.05, 4.69) is 10.6 Å². The highest BCUT2D eigenvalue weighted by atomic mass is 35.5. The zero-order valence-corrected chi connectivity index (χ0v) is 16.5. The molecule has 0 aliphatic carbocycles. The summed E-state index contributed by atoms with van der Waals surface area (Å²) in [5.41, 5.74) is 1.88. The van der Waals surface area contributed by atoms with Gasteiger partial charge in [0.2, 0.25) is 5.91 Å². The van der Waals surface area contributed by atoms with Crippen LogP contribution in [-0.4, -0.2) is 10.8 Å². The molecule has 148 valence electrons. The molecular weight excluding hydrogens is 390 g/mol. The monoisotopic (exact) mass is 409 g/mol. The van der Waals surface area contributed by atoms with Crippen molar-refractivity contribution >= 4 is 28.9 Å². The minimum absolute atomic E-state index is 0.0171. The maximum Gasteiger partial charge on any atom is 0.289 e. The molecule has 3 aromatic carbocycles. The van der Waals surface area contributed by atoms with Crippen LogP contribution in [0.1, 0.15) is 30.1 Å². The quantitative estimate of drug-likeness (QED) is 0.410. The van der Waals surface area contributed by atoms with Crippen LogP contribution in [0.15, 0.2) is 78.9 Å². The fraction of sp³-hybridized carbons (Fsp3) is 0.136. The summed E-state index contributed by atoms with van der Waals surface area (Å²) < 4.78 is 0. The minimum atomic E-state index is -0.652. The third-order valence-corrected chi connectivity index (χ3v) is 4.84. The van der Waals surface area contributed by atoms with E-state index in [1.54, 1.807) is 0 Å². The molecule has 0 unspecified atom stereocenters. The van der Waals surface area contributed by atoms with Crippen LogP contribution < -0.4 is 10.6 Å². The zero-order chi connectivity index (χ0) is 20.8. The molecule has 0 aromatic heterocycles. The van der Waals surface area contributed by atoms with Crippen LogP contribution in [0.2, 0.25) is 5.02 Å². The number of carbonyl (C=O) groups excluding carboxylic acids is 1. The van der Waals surface area contributed by atoms with E-state index in [1.165, 1.54) is 18.2 Å². The van der Waals surface area contributed by atoms with Gasteiger partial charge in [0.25, 0.3) is 5.69 Å². The maximum absolute atomic E-state index is 13.1. The van der Waals surface area contributed by atoms with Gasteiger partial charge in [0.05, 0.1) is 4.92 Å². The Bertz CT molecular complexity index is 997. The van der Waals surface area contributed by atoms with Crippen LogP contribution in [0.3, 0.4) is 0 Å². The van der Waals surface area contributed by atoms with Gasteiger partial charge in [0.1, 0.15) is 11.1 Å². The number of hydrogen-bond acceptors (Lipinski definition) is 4. The van der Waals surface area contributed by atoms with Gasteiger partial charge in [0.15, 0.2) is 0 Å². The Morgan fingerprint density at radius 2 is 1.55 bits per heavy atom. The van der Waals surface area contributed by atoms with Crippen LogP contribution in [0, 0.1) is 10.1 Å². The van der Waals surface area contributed by atoms with Crippen LogP contribution in [-0.2, 0) is 4.79 Å². The number of nitro groups is 1. The molecule has 0 radical (unpaired) electrons. The highest BCUT2D eigenvalue weighted by Crippen LogP contribution is 2.28. The molecule has 0 spiro atoms. The number of nitro benzene ring substituents is 1. The number of carbonyl (C=O) groups is 1. The molecule has 0 saturated carbocycles. The van der Waals surface area contributed by atoms with Crippen molar-refractivity contribution in [3.8, 4) is 0 Å². The second-order valence-corrected chi connectivity index (χ2v) is 6.96. The van der Waals surface area contributed by atoms with Gasteiger partial charge in [-0.3, -0.25) is 20.2 Å². The van der Waals surface area contributed by atoms with E-state index in [-0.39, 0.29) is 22.7 Å². The van der Waals surface area contributed by atoms with Crippen LogP contribution in [0.4, 0.5) is 11.4 Å².